The number of ether oxygens (including phenoxy) is 1. The molecule has 0 spiro atoms. The maximum Gasteiger partial charge on any atom is 0.410 e. The molecule has 3 aromatic rings. The van der Waals surface area contributed by atoms with E-state index in [1.165, 1.54) is 11.1 Å². The van der Waals surface area contributed by atoms with E-state index in [0.717, 1.165) is 47.6 Å². The number of carbonyl (C=O) groups is 1. The third-order valence-corrected chi connectivity index (χ3v) is 10.1. The number of hydrogen-bond acceptors (Lipinski definition) is 7. The summed E-state index contributed by atoms with van der Waals surface area (Å²) >= 11 is 0. The predicted molar refractivity (Wildman–Crippen MR) is 186 cm³/mol. The summed E-state index contributed by atoms with van der Waals surface area (Å²) < 4.78 is 23.2. The van der Waals surface area contributed by atoms with Gasteiger partial charge in [-0.15, -0.1) is 0 Å². The van der Waals surface area contributed by atoms with Crippen molar-refractivity contribution in [2.45, 2.75) is 124 Å². The van der Waals surface area contributed by atoms with Crippen LogP contribution in [0.15, 0.2) is 6.07 Å². The number of fused-ring (bicyclic) bond motifs is 2. The first kappa shape index (κ1) is 32.5. The monoisotopic (exact) mass is 628 g/mol. The molecule has 1 aromatic carbocycles. The first-order valence-corrected chi connectivity index (χ1v) is 17.1. The molecule has 4 atom stereocenters. The van der Waals surface area contributed by atoms with Gasteiger partial charge in [0.15, 0.2) is 5.82 Å². The van der Waals surface area contributed by atoms with Crippen LogP contribution in [0, 0.1) is 25.6 Å². The maximum absolute atomic E-state index is 17.3. The van der Waals surface area contributed by atoms with E-state index in [-0.39, 0.29) is 36.0 Å². The SMILES string of the molecule is BN(C)c1cc(C)c(C2CC2)c(-c2nc3c4c(nc(CCC)nc4c2F)N2C[C@@H](C)N(C(=O)OC(C)(C)C)[C@@H](C)C2[C@@H](C)C3)c1C. The minimum atomic E-state index is -0.593. The first-order valence-electron chi connectivity index (χ1n) is 17.1. The molecule has 0 N–H and O–H groups in total. The van der Waals surface area contributed by atoms with Crippen molar-refractivity contribution in [1.82, 2.24) is 19.9 Å². The van der Waals surface area contributed by atoms with Gasteiger partial charge in [0.05, 0.1) is 29.2 Å². The molecule has 8 nitrogen and oxygen atoms in total. The van der Waals surface area contributed by atoms with Gasteiger partial charge in [-0.2, -0.15) is 0 Å². The van der Waals surface area contributed by atoms with Crippen LogP contribution >= 0.6 is 0 Å². The molecule has 2 aromatic heterocycles. The van der Waals surface area contributed by atoms with Gasteiger partial charge in [0.25, 0.3) is 0 Å². The van der Waals surface area contributed by atoms with E-state index in [1.54, 1.807) is 0 Å². The number of benzene rings is 1. The van der Waals surface area contributed by atoms with E-state index in [1.807, 2.05) is 40.7 Å². The van der Waals surface area contributed by atoms with Crippen molar-refractivity contribution in [2.75, 3.05) is 23.3 Å². The highest BCUT2D eigenvalue weighted by Crippen LogP contribution is 2.50. The fourth-order valence-corrected chi connectivity index (χ4v) is 8.13. The molecule has 1 unspecified atom stereocenters. The molecule has 246 valence electrons. The molecular formula is C36H50BFN6O2. The normalized spacial score (nSPS) is 22.9. The summed E-state index contributed by atoms with van der Waals surface area (Å²) in [6.45, 7) is 19.0. The van der Waals surface area contributed by atoms with Gasteiger partial charge in [-0.05, 0) is 116 Å². The molecule has 0 radical (unpaired) electrons. The molecule has 1 saturated heterocycles. The highest BCUT2D eigenvalue weighted by Gasteiger charge is 2.47. The molecular weight excluding hydrogens is 578 g/mol. The van der Waals surface area contributed by atoms with E-state index in [0.29, 0.717) is 47.7 Å². The van der Waals surface area contributed by atoms with Crippen LogP contribution in [0.5, 0.6) is 0 Å². The van der Waals surface area contributed by atoms with Crippen LogP contribution in [-0.2, 0) is 17.6 Å². The molecule has 0 bridgehead atoms. The van der Waals surface area contributed by atoms with E-state index in [2.05, 4.69) is 57.3 Å². The molecule has 1 aliphatic carbocycles. The number of rotatable bonds is 5. The summed E-state index contributed by atoms with van der Waals surface area (Å²) in [4.78, 5) is 35.2. The van der Waals surface area contributed by atoms with Gasteiger partial charge in [-0.25, -0.2) is 24.1 Å². The molecule has 2 fully saturated rings. The van der Waals surface area contributed by atoms with Crippen LogP contribution in [0.25, 0.3) is 22.2 Å². The highest BCUT2D eigenvalue weighted by molar-refractivity contribution is 6.18. The van der Waals surface area contributed by atoms with Crippen LogP contribution in [0.2, 0.25) is 0 Å². The lowest BCUT2D eigenvalue weighted by molar-refractivity contribution is -0.00358. The predicted octanol–water partition coefficient (Wildman–Crippen LogP) is 6.66. The van der Waals surface area contributed by atoms with Crippen LogP contribution in [0.1, 0.15) is 102 Å². The Hall–Kier alpha value is -3.43. The molecule has 10 heteroatoms. The fraction of sp³-hybridized carbons (Fsp3) is 0.611. The molecule has 4 heterocycles. The third-order valence-electron chi connectivity index (χ3n) is 10.1. The van der Waals surface area contributed by atoms with E-state index in [4.69, 9.17) is 19.7 Å². The standard InChI is InChI=1S/C36H50BFN6O2/c1-11-12-26-40-32-29-24(39-31(30(32)38)28-21(5)25(42(10)37)16-18(2)27(28)23-13-14-23)15-19(3)33-22(6)44(35(45)46-36(7,8)9)20(4)17-43(33)34(29)41-26/h16,19-20,22-23,33H,11-15,17,37H2,1-10H3/t19-,20+,22-,33?/m0/s1. The number of hydrogen-bond donors (Lipinski definition) is 0. The summed E-state index contributed by atoms with van der Waals surface area (Å²) in [5.74, 6) is 1.55. The zero-order chi connectivity index (χ0) is 33.4. The van der Waals surface area contributed by atoms with Gasteiger partial charge in [-0.1, -0.05) is 13.8 Å². The van der Waals surface area contributed by atoms with Crippen molar-refractivity contribution in [3.8, 4) is 11.3 Å². The smallest absolute Gasteiger partial charge is 0.410 e. The summed E-state index contributed by atoms with van der Waals surface area (Å²) in [7, 11) is 4.08. The molecule has 1 amide bonds. The van der Waals surface area contributed by atoms with E-state index in [9.17, 15) is 4.79 Å². The van der Waals surface area contributed by atoms with Crippen molar-refractivity contribution < 1.29 is 13.9 Å². The number of piperazine rings is 1. The zero-order valence-electron chi connectivity index (χ0n) is 29.6. The van der Waals surface area contributed by atoms with Crippen molar-refractivity contribution >= 4 is 36.5 Å². The number of halogens is 1. The van der Waals surface area contributed by atoms with Crippen LogP contribution in [-0.4, -0.2) is 71.2 Å². The fourth-order valence-electron chi connectivity index (χ4n) is 8.13. The van der Waals surface area contributed by atoms with Gasteiger partial charge in [0.2, 0.25) is 7.98 Å². The minimum Gasteiger partial charge on any atom is -0.444 e. The Labute approximate surface area is 274 Å². The van der Waals surface area contributed by atoms with Gasteiger partial charge in [0.1, 0.15) is 28.5 Å². The lowest BCUT2D eigenvalue weighted by Crippen LogP contribution is -2.66. The summed E-state index contributed by atoms with van der Waals surface area (Å²) in [6.07, 6.45) is 4.06. The number of pyridine rings is 1. The minimum absolute atomic E-state index is 0.0555. The Bertz CT molecular complexity index is 1700. The van der Waals surface area contributed by atoms with E-state index < -0.39 is 5.60 Å². The topological polar surface area (TPSA) is 74.7 Å². The van der Waals surface area contributed by atoms with Gasteiger partial charge in [0, 0.05) is 24.2 Å². The average Bonchev–Trinajstić information content (AvgIpc) is 3.79. The van der Waals surface area contributed by atoms with Crippen LogP contribution in [0.3, 0.4) is 0 Å². The maximum atomic E-state index is 17.3. The van der Waals surface area contributed by atoms with E-state index >= 15 is 4.39 Å². The molecule has 6 rings (SSSR count). The third kappa shape index (κ3) is 5.49. The number of aryl methyl sites for hydroxylation is 2. The van der Waals surface area contributed by atoms with Gasteiger partial charge < -0.3 is 14.4 Å². The molecule has 46 heavy (non-hydrogen) atoms. The zero-order valence-corrected chi connectivity index (χ0v) is 29.6. The van der Waals surface area contributed by atoms with Crippen molar-refractivity contribution in [2.24, 2.45) is 5.92 Å². The number of anilines is 2. The number of carbonyl (C=O) groups excluding carboxylic acids is 1. The van der Waals surface area contributed by atoms with Gasteiger partial charge >= 0.3 is 6.09 Å². The quantitative estimate of drug-likeness (QED) is 0.293. The van der Waals surface area contributed by atoms with Crippen molar-refractivity contribution in [3.05, 3.63) is 40.1 Å². The second-order valence-corrected chi connectivity index (χ2v) is 15.3. The average molecular weight is 629 g/mol. The molecule has 1 saturated carbocycles. The molecule has 3 aliphatic rings. The number of amides is 1. The van der Waals surface area contributed by atoms with Crippen LogP contribution < -0.4 is 9.71 Å². The summed E-state index contributed by atoms with van der Waals surface area (Å²) in [6, 6.07) is 1.89. The number of aromatic nitrogens is 3. The Morgan fingerprint density at radius 3 is 2.46 bits per heavy atom. The summed E-state index contributed by atoms with van der Waals surface area (Å²) in [5, 5.41) is 0.715. The lowest BCUT2D eigenvalue weighted by Gasteiger charge is -2.51. The second kappa shape index (κ2) is 11.7. The largest absolute Gasteiger partial charge is 0.444 e. The highest BCUT2D eigenvalue weighted by atomic mass is 19.1. The number of nitrogens with zero attached hydrogens (tertiary/aromatic N) is 6. The second-order valence-electron chi connectivity index (χ2n) is 15.3. The Kier molecular flexibility index (Phi) is 8.25. The van der Waals surface area contributed by atoms with Crippen LogP contribution in [0.4, 0.5) is 20.7 Å². The Balaban J connectivity index is 1.58. The Morgan fingerprint density at radius 2 is 1.85 bits per heavy atom. The van der Waals surface area contributed by atoms with Gasteiger partial charge in [-0.3, -0.25) is 4.90 Å². The molecule has 2 aliphatic heterocycles. The first-order chi connectivity index (χ1) is 21.6. The Morgan fingerprint density at radius 1 is 1.15 bits per heavy atom. The van der Waals surface area contributed by atoms with Crippen molar-refractivity contribution in [1.29, 1.82) is 0 Å². The van der Waals surface area contributed by atoms with Crippen molar-refractivity contribution in [3.63, 3.8) is 0 Å². The lowest BCUT2D eigenvalue weighted by atomic mass is 9.87. The summed E-state index contributed by atoms with van der Waals surface area (Å²) in [5.41, 5.74) is 6.47.